The Morgan fingerprint density at radius 1 is 0.933 bits per heavy atom. The minimum atomic E-state index is -0.319. The van der Waals surface area contributed by atoms with E-state index >= 15 is 0 Å². The lowest BCUT2D eigenvalue weighted by Gasteiger charge is -2.08. The summed E-state index contributed by atoms with van der Waals surface area (Å²) in [6.45, 7) is 2.55. The van der Waals surface area contributed by atoms with Gasteiger partial charge in [0.1, 0.15) is 0 Å². The van der Waals surface area contributed by atoms with Gasteiger partial charge in [0.05, 0.1) is 5.52 Å². The van der Waals surface area contributed by atoms with Crippen LogP contribution in [0.3, 0.4) is 0 Å². The predicted octanol–water partition coefficient (Wildman–Crippen LogP) is 2.74. The van der Waals surface area contributed by atoms with Crippen LogP contribution in [0.2, 0.25) is 0 Å². The van der Waals surface area contributed by atoms with Crippen LogP contribution in [0.15, 0.2) is 48.5 Å². The predicted molar refractivity (Wildman–Crippen MR) is 115 cm³/mol. The average Bonchev–Trinajstić information content (AvgIpc) is 3.17. The van der Waals surface area contributed by atoms with Crippen LogP contribution in [0.5, 0.6) is 0 Å². The molecule has 0 aliphatic rings. The molecule has 8 nitrogen and oxygen atoms in total. The van der Waals surface area contributed by atoms with Crippen LogP contribution in [-0.4, -0.2) is 34.5 Å². The second-order valence-corrected chi connectivity index (χ2v) is 6.90. The smallest absolute Gasteiger partial charge is 0.272 e. The normalized spacial score (nSPS) is 10.6. The monoisotopic (exact) mass is 407 g/mol. The zero-order valence-electron chi connectivity index (χ0n) is 16.8. The number of rotatable bonds is 9. The molecule has 0 aliphatic carbocycles. The van der Waals surface area contributed by atoms with Crippen molar-refractivity contribution < 1.29 is 14.4 Å². The molecule has 3 aromatic rings. The first-order valence-electron chi connectivity index (χ1n) is 9.93. The molecule has 0 atom stereocenters. The number of carbonyl (C=O) groups excluding carboxylic acids is 3. The number of carbonyl (C=O) groups is 3. The van der Waals surface area contributed by atoms with Gasteiger partial charge in [0.25, 0.3) is 5.91 Å². The summed E-state index contributed by atoms with van der Waals surface area (Å²) in [6.07, 6.45) is 1.46. The fraction of sp³-hybridized carbons (Fsp3) is 0.273. The van der Waals surface area contributed by atoms with Crippen LogP contribution in [0.1, 0.15) is 42.2 Å². The van der Waals surface area contributed by atoms with Crippen molar-refractivity contribution in [3.8, 4) is 0 Å². The van der Waals surface area contributed by atoms with Crippen molar-refractivity contribution in [2.24, 2.45) is 0 Å². The molecule has 1 heterocycles. The van der Waals surface area contributed by atoms with Crippen molar-refractivity contribution in [2.75, 3.05) is 11.9 Å². The van der Waals surface area contributed by atoms with Crippen molar-refractivity contribution >= 4 is 34.3 Å². The molecule has 30 heavy (non-hydrogen) atoms. The van der Waals surface area contributed by atoms with E-state index in [1.165, 1.54) is 0 Å². The maximum absolute atomic E-state index is 12.3. The van der Waals surface area contributed by atoms with E-state index in [1.54, 1.807) is 0 Å². The van der Waals surface area contributed by atoms with Crippen molar-refractivity contribution in [1.29, 1.82) is 0 Å². The van der Waals surface area contributed by atoms with Crippen molar-refractivity contribution in [2.45, 2.75) is 32.7 Å². The number of anilines is 1. The Morgan fingerprint density at radius 2 is 1.70 bits per heavy atom. The van der Waals surface area contributed by atoms with E-state index in [9.17, 15) is 14.4 Å². The minimum absolute atomic E-state index is 0.0107. The minimum Gasteiger partial charge on any atom is -0.352 e. The van der Waals surface area contributed by atoms with Crippen molar-refractivity contribution in [3.63, 3.8) is 0 Å². The van der Waals surface area contributed by atoms with Gasteiger partial charge < -0.3 is 16.0 Å². The molecule has 1 aromatic heterocycles. The van der Waals surface area contributed by atoms with Gasteiger partial charge >= 0.3 is 0 Å². The van der Waals surface area contributed by atoms with Gasteiger partial charge in [0.15, 0.2) is 5.69 Å². The van der Waals surface area contributed by atoms with E-state index in [2.05, 4.69) is 26.1 Å². The summed E-state index contributed by atoms with van der Waals surface area (Å²) < 4.78 is 0. The first-order valence-corrected chi connectivity index (χ1v) is 9.93. The summed E-state index contributed by atoms with van der Waals surface area (Å²) in [5.41, 5.74) is 2.76. The molecule has 0 spiro atoms. The van der Waals surface area contributed by atoms with Gasteiger partial charge in [-0.25, -0.2) is 0 Å². The van der Waals surface area contributed by atoms with Gasteiger partial charge in [-0.05, 0) is 30.2 Å². The van der Waals surface area contributed by atoms with Gasteiger partial charge in [-0.15, -0.1) is 0 Å². The number of hydrogen-bond acceptors (Lipinski definition) is 4. The molecular formula is C22H25N5O3. The SMILES string of the molecule is CCCC(=O)Nc1ccc(CNC(=O)CCNC(=O)c2n[nH]c3ccccc23)cc1. The number of hydrogen-bond donors (Lipinski definition) is 4. The number of fused-ring (bicyclic) bond motifs is 1. The van der Waals surface area contributed by atoms with E-state index < -0.39 is 0 Å². The maximum atomic E-state index is 12.3. The van der Waals surface area contributed by atoms with E-state index in [-0.39, 0.29) is 30.7 Å². The molecule has 0 saturated carbocycles. The number of para-hydroxylation sites is 1. The highest BCUT2D eigenvalue weighted by Crippen LogP contribution is 2.14. The van der Waals surface area contributed by atoms with Crippen LogP contribution in [-0.2, 0) is 16.1 Å². The summed E-state index contributed by atoms with van der Waals surface area (Å²) in [4.78, 5) is 35.9. The highest BCUT2D eigenvalue weighted by Gasteiger charge is 2.13. The molecule has 0 saturated heterocycles. The highest BCUT2D eigenvalue weighted by atomic mass is 16.2. The lowest BCUT2D eigenvalue weighted by atomic mass is 10.2. The van der Waals surface area contributed by atoms with E-state index in [0.717, 1.165) is 28.6 Å². The molecule has 0 radical (unpaired) electrons. The molecular weight excluding hydrogens is 382 g/mol. The lowest BCUT2D eigenvalue weighted by Crippen LogP contribution is -2.30. The third-order valence-electron chi connectivity index (χ3n) is 4.53. The van der Waals surface area contributed by atoms with Crippen LogP contribution in [0.4, 0.5) is 5.69 Å². The van der Waals surface area contributed by atoms with Crippen LogP contribution in [0, 0.1) is 0 Å². The Bertz CT molecular complexity index is 1030. The summed E-state index contributed by atoms with van der Waals surface area (Å²) in [5.74, 6) is -0.494. The topological polar surface area (TPSA) is 116 Å². The first kappa shape index (κ1) is 21.0. The fourth-order valence-electron chi connectivity index (χ4n) is 2.96. The zero-order chi connectivity index (χ0) is 21.3. The fourth-order valence-corrected chi connectivity index (χ4v) is 2.96. The molecule has 2 aromatic carbocycles. The van der Waals surface area contributed by atoms with Gasteiger partial charge in [-0.1, -0.05) is 37.3 Å². The summed E-state index contributed by atoms with van der Waals surface area (Å²) in [5, 5.41) is 16.0. The van der Waals surface area contributed by atoms with Gasteiger partial charge in [0, 0.05) is 37.0 Å². The number of nitrogens with zero attached hydrogens (tertiary/aromatic N) is 1. The summed E-state index contributed by atoms with van der Waals surface area (Å²) in [7, 11) is 0. The second kappa shape index (κ2) is 10.2. The zero-order valence-corrected chi connectivity index (χ0v) is 16.8. The van der Waals surface area contributed by atoms with E-state index in [4.69, 9.17) is 0 Å². The largest absolute Gasteiger partial charge is 0.352 e. The van der Waals surface area contributed by atoms with E-state index in [1.807, 2.05) is 55.5 Å². The number of aromatic nitrogens is 2. The molecule has 0 aliphatic heterocycles. The Labute approximate surface area is 174 Å². The molecule has 0 unspecified atom stereocenters. The maximum Gasteiger partial charge on any atom is 0.272 e. The Balaban J connectivity index is 1.39. The van der Waals surface area contributed by atoms with Gasteiger partial charge in [-0.2, -0.15) is 5.10 Å². The Kier molecular flexibility index (Phi) is 7.15. The van der Waals surface area contributed by atoms with Crippen LogP contribution >= 0.6 is 0 Å². The second-order valence-electron chi connectivity index (χ2n) is 6.90. The van der Waals surface area contributed by atoms with Gasteiger partial charge in [0.2, 0.25) is 11.8 Å². The molecule has 8 heteroatoms. The number of aromatic amines is 1. The summed E-state index contributed by atoms with van der Waals surface area (Å²) >= 11 is 0. The highest BCUT2D eigenvalue weighted by molar-refractivity contribution is 6.04. The van der Waals surface area contributed by atoms with Crippen LogP contribution < -0.4 is 16.0 Å². The van der Waals surface area contributed by atoms with Crippen molar-refractivity contribution in [1.82, 2.24) is 20.8 Å². The van der Waals surface area contributed by atoms with Crippen LogP contribution in [0.25, 0.3) is 10.9 Å². The number of benzene rings is 2. The molecule has 156 valence electrons. The Hall–Kier alpha value is -3.68. The standard InChI is InChI=1S/C22H25N5O3/c1-2-5-20(29)25-16-10-8-15(9-11-16)14-24-19(28)12-13-23-22(30)21-17-6-3-4-7-18(17)26-27-21/h3-4,6-11H,2,5,12-14H2,1H3,(H,23,30)(H,24,28)(H,25,29)(H,26,27). The third-order valence-corrected chi connectivity index (χ3v) is 4.53. The molecule has 3 amide bonds. The average molecular weight is 407 g/mol. The molecule has 0 bridgehead atoms. The number of nitrogens with one attached hydrogen (secondary N) is 4. The number of amides is 3. The van der Waals surface area contributed by atoms with E-state index in [0.29, 0.717) is 18.7 Å². The number of H-pyrrole nitrogens is 1. The molecule has 0 fully saturated rings. The molecule has 4 N–H and O–H groups in total. The first-order chi connectivity index (χ1) is 14.6. The van der Waals surface area contributed by atoms with Crippen molar-refractivity contribution in [3.05, 3.63) is 59.8 Å². The summed E-state index contributed by atoms with van der Waals surface area (Å²) in [6, 6.07) is 14.7. The third kappa shape index (κ3) is 5.66. The molecule has 3 rings (SSSR count). The lowest BCUT2D eigenvalue weighted by molar-refractivity contribution is -0.121. The Morgan fingerprint density at radius 3 is 2.47 bits per heavy atom. The van der Waals surface area contributed by atoms with Gasteiger partial charge in [-0.3, -0.25) is 19.5 Å². The quantitative estimate of drug-likeness (QED) is 0.436.